The molecule has 0 fully saturated rings. The van der Waals surface area contributed by atoms with Crippen molar-refractivity contribution in [2.24, 2.45) is 0 Å². The van der Waals surface area contributed by atoms with Crippen LogP contribution >= 0.6 is 15.9 Å². The monoisotopic (exact) mass is 312 g/mol. The second-order valence-electron chi connectivity index (χ2n) is 4.53. The summed E-state index contributed by atoms with van der Waals surface area (Å²) in [5.41, 5.74) is 6.79. The van der Waals surface area contributed by atoms with Crippen molar-refractivity contribution in [1.29, 1.82) is 0 Å². The first-order valence-corrected chi connectivity index (χ1v) is 7.14. The van der Waals surface area contributed by atoms with Crippen molar-refractivity contribution in [3.05, 3.63) is 28.2 Å². The van der Waals surface area contributed by atoms with Gasteiger partial charge in [-0.2, -0.15) is 0 Å². The Balaban J connectivity index is 2.94. The first-order valence-electron chi connectivity index (χ1n) is 6.35. The number of nitrogens with two attached hydrogens (primary N) is 1. The molecule has 4 heteroatoms. The highest BCUT2D eigenvalue weighted by molar-refractivity contribution is 9.10. The maximum Gasteiger partial charge on any atom is 0.253 e. The fourth-order valence-corrected chi connectivity index (χ4v) is 2.44. The van der Waals surface area contributed by atoms with Gasteiger partial charge in [0.05, 0.1) is 5.56 Å². The van der Waals surface area contributed by atoms with Crippen LogP contribution in [0.4, 0.5) is 5.69 Å². The van der Waals surface area contributed by atoms with E-state index in [1.54, 1.807) is 12.1 Å². The summed E-state index contributed by atoms with van der Waals surface area (Å²) in [4.78, 5) is 12.3. The lowest BCUT2D eigenvalue weighted by molar-refractivity contribution is 0.0889. The number of hydrogen-bond acceptors (Lipinski definition) is 2. The first-order chi connectivity index (χ1) is 8.48. The third-order valence-electron chi connectivity index (χ3n) is 3.67. The highest BCUT2D eigenvalue weighted by atomic mass is 79.9. The van der Waals surface area contributed by atoms with E-state index in [-0.39, 0.29) is 11.4 Å². The van der Waals surface area contributed by atoms with Gasteiger partial charge < -0.3 is 11.1 Å². The topological polar surface area (TPSA) is 55.1 Å². The Hall–Kier alpha value is -1.03. The van der Waals surface area contributed by atoms with Gasteiger partial charge in [0.1, 0.15) is 0 Å². The van der Waals surface area contributed by atoms with E-state index in [2.05, 4.69) is 42.0 Å². The zero-order valence-electron chi connectivity index (χ0n) is 11.2. The number of hydrogen-bond donors (Lipinski definition) is 2. The van der Waals surface area contributed by atoms with Crippen molar-refractivity contribution in [3.8, 4) is 0 Å². The summed E-state index contributed by atoms with van der Waals surface area (Å²) < 4.78 is 0.879. The van der Waals surface area contributed by atoms with E-state index in [0.29, 0.717) is 11.3 Å². The molecule has 100 valence electrons. The number of carbonyl (C=O) groups excluding carboxylic acids is 1. The second kappa shape index (κ2) is 6.23. The van der Waals surface area contributed by atoms with Crippen LogP contribution in [-0.4, -0.2) is 11.4 Å². The van der Waals surface area contributed by atoms with Crippen molar-refractivity contribution in [1.82, 2.24) is 5.32 Å². The standard InChI is InChI=1S/C14H21BrN2O/c1-4-14(5-2,6-3)17-13(18)11-8-7-10(15)9-12(11)16/h7-9H,4-6,16H2,1-3H3,(H,17,18). The summed E-state index contributed by atoms with van der Waals surface area (Å²) in [6, 6.07) is 5.33. The molecule has 3 N–H and O–H groups in total. The number of benzene rings is 1. The molecule has 0 unspecified atom stereocenters. The van der Waals surface area contributed by atoms with Gasteiger partial charge in [0.25, 0.3) is 5.91 Å². The van der Waals surface area contributed by atoms with Gasteiger partial charge in [-0.3, -0.25) is 4.79 Å². The van der Waals surface area contributed by atoms with Crippen LogP contribution in [-0.2, 0) is 0 Å². The van der Waals surface area contributed by atoms with Crippen LogP contribution in [0.25, 0.3) is 0 Å². The van der Waals surface area contributed by atoms with E-state index >= 15 is 0 Å². The van der Waals surface area contributed by atoms with Crippen molar-refractivity contribution >= 4 is 27.5 Å². The fourth-order valence-electron chi connectivity index (χ4n) is 2.06. The van der Waals surface area contributed by atoms with Crippen LogP contribution in [0.5, 0.6) is 0 Å². The third-order valence-corrected chi connectivity index (χ3v) is 4.16. The van der Waals surface area contributed by atoms with E-state index in [1.807, 2.05) is 6.07 Å². The van der Waals surface area contributed by atoms with Crippen molar-refractivity contribution in [3.63, 3.8) is 0 Å². The Labute approximate surface area is 117 Å². The number of nitrogens with one attached hydrogen (secondary N) is 1. The summed E-state index contributed by atoms with van der Waals surface area (Å²) in [5.74, 6) is -0.0921. The van der Waals surface area contributed by atoms with Crippen molar-refractivity contribution < 1.29 is 4.79 Å². The first kappa shape index (κ1) is 15.0. The minimum absolute atomic E-state index is 0.0921. The molecule has 1 rings (SSSR count). The summed E-state index contributed by atoms with van der Waals surface area (Å²) in [5, 5.41) is 3.12. The molecule has 3 nitrogen and oxygen atoms in total. The molecule has 0 bridgehead atoms. The molecule has 0 aromatic heterocycles. The predicted molar refractivity (Wildman–Crippen MR) is 79.6 cm³/mol. The van der Waals surface area contributed by atoms with Gasteiger partial charge in [0.2, 0.25) is 0 Å². The smallest absolute Gasteiger partial charge is 0.253 e. The minimum atomic E-state index is -0.128. The summed E-state index contributed by atoms with van der Waals surface area (Å²) >= 11 is 3.34. The molecule has 0 heterocycles. The molecule has 0 aliphatic heterocycles. The average molecular weight is 313 g/mol. The fraction of sp³-hybridized carbons (Fsp3) is 0.500. The summed E-state index contributed by atoms with van der Waals surface area (Å²) in [6.07, 6.45) is 2.76. The van der Waals surface area contributed by atoms with Gasteiger partial charge in [-0.1, -0.05) is 36.7 Å². The highest BCUT2D eigenvalue weighted by Crippen LogP contribution is 2.23. The summed E-state index contributed by atoms with van der Waals surface area (Å²) in [7, 11) is 0. The SMILES string of the molecule is CCC(CC)(CC)NC(=O)c1ccc(Br)cc1N. The maximum atomic E-state index is 12.3. The molecule has 0 radical (unpaired) electrons. The number of nitrogen functional groups attached to an aromatic ring is 1. The molecule has 0 saturated heterocycles. The zero-order chi connectivity index (χ0) is 13.8. The van der Waals surface area contributed by atoms with Gasteiger partial charge in [0.15, 0.2) is 0 Å². The van der Waals surface area contributed by atoms with E-state index in [0.717, 1.165) is 23.7 Å². The van der Waals surface area contributed by atoms with Crippen molar-refractivity contribution in [2.75, 3.05) is 5.73 Å². The zero-order valence-corrected chi connectivity index (χ0v) is 12.8. The van der Waals surface area contributed by atoms with E-state index in [1.165, 1.54) is 0 Å². The third kappa shape index (κ3) is 3.25. The molecule has 1 amide bonds. The molecule has 0 atom stereocenters. The maximum absolute atomic E-state index is 12.3. The molecule has 0 aliphatic rings. The van der Waals surface area contributed by atoms with Crippen LogP contribution in [0.15, 0.2) is 22.7 Å². The largest absolute Gasteiger partial charge is 0.398 e. The van der Waals surface area contributed by atoms with Gasteiger partial charge in [-0.05, 0) is 37.5 Å². The van der Waals surface area contributed by atoms with Gasteiger partial charge in [-0.25, -0.2) is 0 Å². The van der Waals surface area contributed by atoms with E-state index < -0.39 is 0 Å². The molecule has 0 spiro atoms. The number of rotatable bonds is 5. The van der Waals surface area contributed by atoms with Crippen LogP contribution in [0.3, 0.4) is 0 Å². The molecule has 0 aliphatic carbocycles. The number of amides is 1. The lowest BCUT2D eigenvalue weighted by atomic mass is 9.89. The normalized spacial score (nSPS) is 11.3. The molecular weight excluding hydrogens is 292 g/mol. The second-order valence-corrected chi connectivity index (χ2v) is 5.44. The Morgan fingerprint density at radius 1 is 1.28 bits per heavy atom. The Morgan fingerprint density at radius 3 is 2.28 bits per heavy atom. The number of halogens is 1. The van der Waals surface area contributed by atoms with E-state index in [9.17, 15) is 4.79 Å². The lowest BCUT2D eigenvalue weighted by Crippen LogP contribution is -2.47. The molecule has 1 aromatic carbocycles. The molecule has 18 heavy (non-hydrogen) atoms. The highest BCUT2D eigenvalue weighted by Gasteiger charge is 2.26. The minimum Gasteiger partial charge on any atom is -0.398 e. The predicted octanol–water partition coefficient (Wildman–Crippen LogP) is 3.73. The van der Waals surface area contributed by atoms with Crippen LogP contribution in [0, 0.1) is 0 Å². The Kier molecular flexibility index (Phi) is 5.20. The van der Waals surface area contributed by atoms with Gasteiger partial charge in [-0.15, -0.1) is 0 Å². The van der Waals surface area contributed by atoms with Crippen molar-refractivity contribution in [2.45, 2.75) is 45.6 Å². The van der Waals surface area contributed by atoms with E-state index in [4.69, 9.17) is 5.73 Å². The average Bonchev–Trinajstić information content (AvgIpc) is 2.36. The van der Waals surface area contributed by atoms with Crippen LogP contribution in [0.2, 0.25) is 0 Å². The number of carbonyl (C=O) groups is 1. The molecule has 0 saturated carbocycles. The lowest BCUT2D eigenvalue weighted by Gasteiger charge is -2.32. The molecular formula is C14H21BrN2O. The number of anilines is 1. The quantitative estimate of drug-likeness (QED) is 0.814. The van der Waals surface area contributed by atoms with Crippen LogP contribution in [0.1, 0.15) is 50.4 Å². The van der Waals surface area contributed by atoms with Gasteiger partial charge in [0, 0.05) is 15.7 Å². The Bertz CT molecular complexity index is 420. The Morgan fingerprint density at radius 2 is 1.83 bits per heavy atom. The van der Waals surface area contributed by atoms with Crippen LogP contribution < -0.4 is 11.1 Å². The summed E-state index contributed by atoms with van der Waals surface area (Å²) in [6.45, 7) is 6.29. The molecule has 1 aromatic rings. The van der Waals surface area contributed by atoms with Gasteiger partial charge >= 0.3 is 0 Å².